The summed E-state index contributed by atoms with van der Waals surface area (Å²) in [6, 6.07) is 0.614. The second-order valence-corrected chi connectivity index (χ2v) is 5.43. The average molecular weight is 239 g/mol. The van der Waals surface area contributed by atoms with Crippen molar-refractivity contribution in [3.05, 3.63) is 0 Å². The van der Waals surface area contributed by atoms with Gasteiger partial charge in [-0.2, -0.15) is 0 Å². The van der Waals surface area contributed by atoms with Gasteiger partial charge in [0, 0.05) is 19.1 Å². The second kappa shape index (κ2) is 6.24. The van der Waals surface area contributed by atoms with Crippen molar-refractivity contribution in [1.29, 1.82) is 0 Å². The van der Waals surface area contributed by atoms with Crippen LogP contribution in [-0.4, -0.2) is 36.6 Å². The van der Waals surface area contributed by atoms with E-state index in [-0.39, 0.29) is 6.03 Å². The molecule has 2 rings (SSSR count). The molecule has 1 aliphatic heterocycles. The number of carbonyl (C=O) groups excluding carboxylic acids is 1. The minimum absolute atomic E-state index is 0.144. The fraction of sp³-hybridized carbons (Fsp3) is 0.923. The smallest absolute Gasteiger partial charge is 0.317 e. The summed E-state index contributed by atoms with van der Waals surface area (Å²) in [6.45, 7) is 2.44. The van der Waals surface area contributed by atoms with Gasteiger partial charge in [0.05, 0.1) is 0 Å². The van der Waals surface area contributed by atoms with Crippen LogP contribution in [0.4, 0.5) is 4.79 Å². The molecule has 2 aliphatic rings. The molecule has 1 aliphatic carbocycles. The molecular formula is C13H25N3O. The van der Waals surface area contributed by atoms with E-state index < -0.39 is 0 Å². The Morgan fingerprint density at radius 2 is 1.94 bits per heavy atom. The molecule has 4 nitrogen and oxygen atoms in total. The van der Waals surface area contributed by atoms with Crippen LogP contribution in [0.2, 0.25) is 0 Å². The lowest BCUT2D eigenvalue weighted by molar-refractivity contribution is 0.131. The van der Waals surface area contributed by atoms with Crippen LogP contribution in [0.3, 0.4) is 0 Å². The van der Waals surface area contributed by atoms with Gasteiger partial charge in [-0.3, -0.25) is 0 Å². The molecule has 2 amide bonds. The van der Waals surface area contributed by atoms with E-state index in [2.05, 4.69) is 10.2 Å². The SMILES string of the molecule is NCCC1CNC(=O)N(C2CCCCCC2)C1. The molecular weight excluding hydrogens is 214 g/mol. The van der Waals surface area contributed by atoms with E-state index in [0.29, 0.717) is 12.0 Å². The van der Waals surface area contributed by atoms with E-state index in [0.717, 1.165) is 26.1 Å². The molecule has 0 aromatic heterocycles. The summed E-state index contributed by atoms with van der Waals surface area (Å²) in [4.78, 5) is 14.0. The topological polar surface area (TPSA) is 58.4 Å². The molecule has 98 valence electrons. The molecule has 3 N–H and O–H groups in total. The lowest BCUT2D eigenvalue weighted by Crippen LogP contribution is -2.55. The molecule has 1 atom stereocenters. The molecule has 1 unspecified atom stereocenters. The van der Waals surface area contributed by atoms with E-state index in [9.17, 15) is 4.79 Å². The maximum Gasteiger partial charge on any atom is 0.317 e. The molecule has 1 saturated carbocycles. The Labute approximate surface area is 104 Å². The van der Waals surface area contributed by atoms with Gasteiger partial charge in [-0.25, -0.2) is 4.79 Å². The van der Waals surface area contributed by atoms with Crippen LogP contribution in [0.1, 0.15) is 44.9 Å². The number of nitrogens with one attached hydrogen (secondary N) is 1. The number of amides is 2. The largest absolute Gasteiger partial charge is 0.338 e. The van der Waals surface area contributed by atoms with Crippen molar-refractivity contribution in [1.82, 2.24) is 10.2 Å². The maximum atomic E-state index is 11.9. The third-order valence-corrected chi connectivity index (χ3v) is 4.10. The van der Waals surface area contributed by atoms with Crippen molar-refractivity contribution < 1.29 is 4.79 Å². The summed E-state index contributed by atoms with van der Waals surface area (Å²) in [5, 5.41) is 3.02. The molecule has 1 saturated heterocycles. The van der Waals surface area contributed by atoms with Crippen LogP contribution in [0.5, 0.6) is 0 Å². The van der Waals surface area contributed by atoms with Crippen LogP contribution in [0.15, 0.2) is 0 Å². The van der Waals surface area contributed by atoms with Gasteiger partial charge in [0.15, 0.2) is 0 Å². The number of nitrogens with zero attached hydrogens (tertiary/aromatic N) is 1. The third kappa shape index (κ3) is 3.35. The average Bonchev–Trinajstić information content (AvgIpc) is 2.60. The predicted molar refractivity (Wildman–Crippen MR) is 68.8 cm³/mol. The first-order valence-electron chi connectivity index (χ1n) is 7.06. The van der Waals surface area contributed by atoms with Crippen LogP contribution in [-0.2, 0) is 0 Å². The molecule has 1 heterocycles. The Hall–Kier alpha value is -0.770. The number of hydrogen-bond donors (Lipinski definition) is 2. The van der Waals surface area contributed by atoms with Gasteiger partial charge in [-0.15, -0.1) is 0 Å². The van der Waals surface area contributed by atoms with Crippen molar-refractivity contribution >= 4 is 6.03 Å². The number of nitrogens with two attached hydrogens (primary N) is 1. The van der Waals surface area contributed by atoms with E-state index in [1.54, 1.807) is 0 Å². The highest BCUT2D eigenvalue weighted by molar-refractivity contribution is 5.75. The predicted octanol–water partition coefficient (Wildman–Crippen LogP) is 1.70. The minimum atomic E-state index is 0.144. The Bertz CT molecular complexity index is 249. The summed E-state index contributed by atoms with van der Waals surface area (Å²) >= 11 is 0. The highest BCUT2D eigenvalue weighted by Crippen LogP contribution is 2.24. The lowest BCUT2D eigenvalue weighted by atomic mass is 9.99. The van der Waals surface area contributed by atoms with E-state index >= 15 is 0 Å². The number of urea groups is 1. The van der Waals surface area contributed by atoms with Crippen LogP contribution in [0.25, 0.3) is 0 Å². The summed E-state index contributed by atoms with van der Waals surface area (Å²) in [6.07, 6.45) is 8.59. The van der Waals surface area contributed by atoms with Gasteiger partial charge in [0.2, 0.25) is 0 Å². The van der Waals surface area contributed by atoms with Crippen molar-refractivity contribution in [3.63, 3.8) is 0 Å². The quantitative estimate of drug-likeness (QED) is 0.736. The van der Waals surface area contributed by atoms with Gasteiger partial charge >= 0.3 is 6.03 Å². The molecule has 4 heteroatoms. The van der Waals surface area contributed by atoms with Gasteiger partial charge in [-0.05, 0) is 31.7 Å². The number of rotatable bonds is 3. The number of hydrogen-bond acceptors (Lipinski definition) is 2. The Morgan fingerprint density at radius 3 is 2.59 bits per heavy atom. The van der Waals surface area contributed by atoms with Crippen molar-refractivity contribution in [2.75, 3.05) is 19.6 Å². The van der Waals surface area contributed by atoms with Crippen LogP contribution >= 0.6 is 0 Å². The molecule has 0 aromatic carbocycles. The second-order valence-electron chi connectivity index (χ2n) is 5.43. The van der Waals surface area contributed by atoms with Gasteiger partial charge < -0.3 is 16.0 Å². The van der Waals surface area contributed by atoms with Crippen molar-refractivity contribution in [2.24, 2.45) is 11.7 Å². The third-order valence-electron chi connectivity index (χ3n) is 4.10. The fourth-order valence-electron chi connectivity index (χ4n) is 3.07. The zero-order valence-electron chi connectivity index (χ0n) is 10.7. The van der Waals surface area contributed by atoms with Crippen molar-refractivity contribution in [2.45, 2.75) is 51.0 Å². The lowest BCUT2D eigenvalue weighted by Gasteiger charge is -2.38. The first-order valence-corrected chi connectivity index (χ1v) is 7.06. The molecule has 0 spiro atoms. The van der Waals surface area contributed by atoms with Gasteiger partial charge in [0.1, 0.15) is 0 Å². The van der Waals surface area contributed by atoms with E-state index in [1.807, 2.05) is 0 Å². The van der Waals surface area contributed by atoms with E-state index in [1.165, 1.54) is 38.5 Å². The fourth-order valence-corrected chi connectivity index (χ4v) is 3.07. The number of carbonyl (C=O) groups is 1. The van der Waals surface area contributed by atoms with Crippen LogP contribution in [0, 0.1) is 5.92 Å². The van der Waals surface area contributed by atoms with Gasteiger partial charge in [-0.1, -0.05) is 25.7 Å². The van der Waals surface area contributed by atoms with Crippen molar-refractivity contribution in [3.8, 4) is 0 Å². The molecule has 0 aromatic rings. The Balaban J connectivity index is 1.93. The molecule has 2 fully saturated rings. The zero-order valence-corrected chi connectivity index (χ0v) is 10.7. The summed E-state index contributed by atoms with van der Waals surface area (Å²) in [5.74, 6) is 0.543. The first-order chi connectivity index (χ1) is 8.31. The molecule has 0 bridgehead atoms. The standard InChI is InChI=1S/C13H25N3O/c14-8-7-11-9-15-13(17)16(10-11)12-5-3-1-2-4-6-12/h11-12H,1-10,14H2,(H,15,17). The first kappa shape index (κ1) is 12.7. The molecule has 0 radical (unpaired) electrons. The van der Waals surface area contributed by atoms with Gasteiger partial charge in [0.25, 0.3) is 0 Å². The summed E-state index contributed by atoms with van der Waals surface area (Å²) in [5.41, 5.74) is 5.61. The highest BCUT2D eigenvalue weighted by Gasteiger charge is 2.30. The van der Waals surface area contributed by atoms with E-state index in [4.69, 9.17) is 5.73 Å². The summed E-state index contributed by atoms with van der Waals surface area (Å²) < 4.78 is 0. The Morgan fingerprint density at radius 1 is 1.24 bits per heavy atom. The maximum absolute atomic E-state index is 11.9. The zero-order chi connectivity index (χ0) is 12.1. The molecule has 17 heavy (non-hydrogen) atoms. The highest BCUT2D eigenvalue weighted by atomic mass is 16.2. The summed E-state index contributed by atoms with van der Waals surface area (Å²) in [7, 11) is 0. The monoisotopic (exact) mass is 239 g/mol. The van der Waals surface area contributed by atoms with Crippen LogP contribution < -0.4 is 11.1 Å². The minimum Gasteiger partial charge on any atom is -0.338 e. The normalized spacial score (nSPS) is 27.7. The Kier molecular flexibility index (Phi) is 4.66.